The topological polar surface area (TPSA) is 41.8 Å². The lowest BCUT2D eigenvalue weighted by molar-refractivity contribution is 0.581. The van der Waals surface area contributed by atoms with Gasteiger partial charge in [0.15, 0.2) is 0 Å². The largest absolute Gasteiger partial charge is 0.464 e. The monoisotopic (exact) mass is 306 g/mol. The first-order valence-corrected chi connectivity index (χ1v) is 6.99. The SMILES string of the molecule is Clc1cc(CCc2ncc[nH]2)c(-c2ccco2)cc1Cl. The molecule has 2 heterocycles. The van der Waals surface area contributed by atoms with E-state index < -0.39 is 0 Å². The third-order valence-electron chi connectivity index (χ3n) is 3.12. The van der Waals surface area contributed by atoms with Gasteiger partial charge in [-0.15, -0.1) is 0 Å². The second kappa shape index (κ2) is 5.73. The summed E-state index contributed by atoms with van der Waals surface area (Å²) in [6.07, 6.45) is 6.82. The zero-order valence-electron chi connectivity index (χ0n) is 10.6. The molecule has 0 fully saturated rings. The average Bonchev–Trinajstić information content (AvgIpc) is 3.12. The minimum Gasteiger partial charge on any atom is -0.464 e. The predicted octanol–water partition coefficient (Wildman–Crippen LogP) is 4.76. The fraction of sp³-hybridized carbons (Fsp3) is 0.133. The Morgan fingerprint density at radius 1 is 1.15 bits per heavy atom. The van der Waals surface area contributed by atoms with Crippen LogP contribution in [0.2, 0.25) is 10.0 Å². The smallest absolute Gasteiger partial charge is 0.134 e. The standard InChI is InChI=1S/C15H12Cl2N2O/c16-12-8-10(3-4-15-18-5-6-19-15)11(9-13(12)17)14-2-1-7-20-14/h1-2,5-9H,3-4H2,(H,18,19). The van der Waals surface area contributed by atoms with E-state index in [0.29, 0.717) is 10.0 Å². The predicted molar refractivity (Wildman–Crippen MR) is 80.2 cm³/mol. The second-order valence-corrected chi connectivity index (χ2v) is 5.25. The maximum Gasteiger partial charge on any atom is 0.134 e. The summed E-state index contributed by atoms with van der Waals surface area (Å²) in [5.41, 5.74) is 2.06. The molecular weight excluding hydrogens is 295 g/mol. The first-order valence-electron chi connectivity index (χ1n) is 6.24. The second-order valence-electron chi connectivity index (χ2n) is 4.44. The normalized spacial score (nSPS) is 10.9. The van der Waals surface area contributed by atoms with Gasteiger partial charge in [0.25, 0.3) is 0 Å². The maximum atomic E-state index is 6.12. The number of aromatic nitrogens is 2. The molecule has 2 aromatic heterocycles. The zero-order valence-corrected chi connectivity index (χ0v) is 12.1. The molecule has 0 atom stereocenters. The van der Waals surface area contributed by atoms with E-state index in [1.165, 1.54) is 0 Å². The lowest BCUT2D eigenvalue weighted by atomic mass is 10.0. The van der Waals surface area contributed by atoms with Gasteiger partial charge in [-0.2, -0.15) is 0 Å². The van der Waals surface area contributed by atoms with Crippen LogP contribution in [0.3, 0.4) is 0 Å². The van der Waals surface area contributed by atoms with Crippen LogP contribution in [0, 0.1) is 0 Å². The molecule has 3 aromatic rings. The van der Waals surface area contributed by atoms with E-state index >= 15 is 0 Å². The molecule has 3 nitrogen and oxygen atoms in total. The number of furan rings is 1. The number of halogens is 2. The molecule has 0 unspecified atom stereocenters. The molecule has 0 spiro atoms. The molecule has 0 aliphatic heterocycles. The number of aryl methyl sites for hydroxylation is 2. The molecule has 0 saturated carbocycles. The Labute approximate surface area is 126 Å². The molecule has 0 aliphatic carbocycles. The molecule has 20 heavy (non-hydrogen) atoms. The van der Waals surface area contributed by atoms with Crippen LogP contribution in [0.5, 0.6) is 0 Å². The third kappa shape index (κ3) is 2.74. The summed E-state index contributed by atoms with van der Waals surface area (Å²) >= 11 is 12.2. The van der Waals surface area contributed by atoms with Crippen molar-refractivity contribution in [1.82, 2.24) is 9.97 Å². The lowest BCUT2D eigenvalue weighted by Gasteiger charge is -2.09. The van der Waals surface area contributed by atoms with E-state index in [0.717, 1.165) is 35.6 Å². The highest BCUT2D eigenvalue weighted by molar-refractivity contribution is 6.42. The minimum atomic E-state index is 0.528. The lowest BCUT2D eigenvalue weighted by Crippen LogP contribution is -1.96. The Bertz CT molecular complexity index is 691. The van der Waals surface area contributed by atoms with Crippen LogP contribution in [0.25, 0.3) is 11.3 Å². The van der Waals surface area contributed by atoms with Gasteiger partial charge in [0.05, 0.1) is 16.3 Å². The Morgan fingerprint density at radius 2 is 2.00 bits per heavy atom. The van der Waals surface area contributed by atoms with E-state index in [9.17, 15) is 0 Å². The van der Waals surface area contributed by atoms with E-state index in [4.69, 9.17) is 27.6 Å². The summed E-state index contributed by atoms with van der Waals surface area (Å²) in [5.74, 6) is 1.74. The van der Waals surface area contributed by atoms with E-state index in [1.54, 1.807) is 12.5 Å². The number of benzene rings is 1. The van der Waals surface area contributed by atoms with Gasteiger partial charge in [0.1, 0.15) is 11.6 Å². The van der Waals surface area contributed by atoms with Crippen molar-refractivity contribution in [2.24, 2.45) is 0 Å². The Morgan fingerprint density at radius 3 is 2.70 bits per heavy atom. The van der Waals surface area contributed by atoms with Crippen molar-refractivity contribution in [2.45, 2.75) is 12.8 Å². The van der Waals surface area contributed by atoms with Crippen LogP contribution in [-0.4, -0.2) is 9.97 Å². The van der Waals surface area contributed by atoms with Crippen molar-refractivity contribution in [3.05, 3.63) is 64.4 Å². The summed E-state index contributed by atoms with van der Waals surface area (Å²) in [6.45, 7) is 0. The van der Waals surface area contributed by atoms with Crippen LogP contribution in [0.1, 0.15) is 11.4 Å². The summed E-state index contributed by atoms with van der Waals surface area (Å²) < 4.78 is 5.47. The number of nitrogens with zero attached hydrogens (tertiary/aromatic N) is 1. The Kier molecular flexibility index (Phi) is 3.81. The fourth-order valence-electron chi connectivity index (χ4n) is 2.14. The highest BCUT2D eigenvalue weighted by Crippen LogP contribution is 2.33. The van der Waals surface area contributed by atoms with Gasteiger partial charge in [0, 0.05) is 24.4 Å². The van der Waals surface area contributed by atoms with Crippen LogP contribution >= 0.6 is 23.2 Å². The maximum absolute atomic E-state index is 6.12. The van der Waals surface area contributed by atoms with Gasteiger partial charge >= 0.3 is 0 Å². The first kappa shape index (κ1) is 13.3. The Balaban J connectivity index is 1.94. The van der Waals surface area contributed by atoms with Crippen molar-refractivity contribution in [1.29, 1.82) is 0 Å². The number of rotatable bonds is 4. The van der Waals surface area contributed by atoms with Crippen molar-refractivity contribution >= 4 is 23.2 Å². The molecule has 102 valence electrons. The highest BCUT2D eigenvalue weighted by atomic mass is 35.5. The molecule has 0 bridgehead atoms. The molecule has 0 aliphatic rings. The van der Waals surface area contributed by atoms with E-state index in [1.807, 2.05) is 30.5 Å². The number of hydrogen-bond acceptors (Lipinski definition) is 2. The summed E-state index contributed by atoms with van der Waals surface area (Å²) in [7, 11) is 0. The molecule has 0 saturated heterocycles. The Hall–Kier alpha value is -1.71. The molecule has 0 radical (unpaired) electrons. The summed E-state index contributed by atoms with van der Waals surface area (Å²) in [5, 5.41) is 1.08. The molecule has 5 heteroatoms. The van der Waals surface area contributed by atoms with Crippen LogP contribution in [-0.2, 0) is 12.8 Å². The van der Waals surface area contributed by atoms with Crippen LogP contribution < -0.4 is 0 Å². The quantitative estimate of drug-likeness (QED) is 0.755. The average molecular weight is 307 g/mol. The number of hydrogen-bond donors (Lipinski definition) is 1. The highest BCUT2D eigenvalue weighted by Gasteiger charge is 2.12. The number of H-pyrrole nitrogens is 1. The van der Waals surface area contributed by atoms with Crippen molar-refractivity contribution in [3.8, 4) is 11.3 Å². The summed E-state index contributed by atoms with van der Waals surface area (Å²) in [6, 6.07) is 7.51. The van der Waals surface area contributed by atoms with Crippen molar-refractivity contribution in [2.75, 3.05) is 0 Å². The van der Waals surface area contributed by atoms with Crippen LogP contribution in [0.15, 0.2) is 47.3 Å². The van der Waals surface area contributed by atoms with E-state index in [-0.39, 0.29) is 0 Å². The van der Waals surface area contributed by atoms with Crippen molar-refractivity contribution < 1.29 is 4.42 Å². The zero-order chi connectivity index (χ0) is 13.9. The molecule has 0 amide bonds. The summed E-state index contributed by atoms with van der Waals surface area (Å²) in [4.78, 5) is 7.32. The number of imidazole rings is 1. The fourth-order valence-corrected chi connectivity index (χ4v) is 2.49. The number of nitrogens with one attached hydrogen (secondary N) is 1. The van der Waals surface area contributed by atoms with Gasteiger partial charge in [-0.1, -0.05) is 23.2 Å². The molecule has 3 rings (SSSR count). The van der Waals surface area contributed by atoms with Crippen LogP contribution in [0.4, 0.5) is 0 Å². The number of aromatic amines is 1. The van der Waals surface area contributed by atoms with Gasteiger partial charge in [-0.3, -0.25) is 0 Å². The van der Waals surface area contributed by atoms with Crippen molar-refractivity contribution in [3.63, 3.8) is 0 Å². The molecule has 1 aromatic carbocycles. The third-order valence-corrected chi connectivity index (χ3v) is 3.84. The van der Waals surface area contributed by atoms with Gasteiger partial charge in [-0.25, -0.2) is 4.98 Å². The van der Waals surface area contributed by atoms with Gasteiger partial charge < -0.3 is 9.40 Å². The van der Waals surface area contributed by atoms with E-state index in [2.05, 4.69) is 9.97 Å². The molecule has 1 N–H and O–H groups in total. The van der Waals surface area contributed by atoms with Gasteiger partial charge in [-0.05, 0) is 36.2 Å². The minimum absolute atomic E-state index is 0.528. The molecular formula is C15H12Cl2N2O. The first-order chi connectivity index (χ1) is 9.74. The van der Waals surface area contributed by atoms with Gasteiger partial charge in [0.2, 0.25) is 0 Å².